The molecule has 1 aliphatic carbocycles. The first-order valence-corrected chi connectivity index (χ1v) is 25.2. The van der Waals surface area contributed by atoms with Gasteiger partial charge in [-0.3, -0.25) is 38.4 Å². The van der Waals surface area contributed by atoms with E-state index >= 15 is 9.59 Å². The van der Waals surface area contributed by atoms with Crippen LogP contribution in [0.25, 0.3) is 32.6 Å². The van der Waals surface area contributed by atoms with Gasteiger partial charge in [-0.05, 0) is 66.7 Å². The van der Waals surface area contributed by atoms with E-state index in [1.54, 1.807) is 28.4 Å². The number of primary amides is 2. The highest BCUT2D eigenvalue weighted by molar-refractivity contribution is 7.13. The fourth-order valence-electron chi connectivity index (χ4n) is 9.86. The number of fused-ring (bicyclic) bond motifs is 2. The van der Waals surface area contributed by atoms with Gasteiger partial charge in [0.25, 0.3) is 0 Å². The van der Waals surface area contributed by atoms with Crippen LogP contribution >= 0.6 is 11.3 Å². The number of aromatic nitrogens is 4. The molecule has 1 saturated carbocycles. The predicted molar refractivity (Wildman–Crippen MR) is 263 cm³/mol. The molecule has 10 N–H and O–H groups in total. The fourth-order valence-corrected chi connectivity index (χ4v) is 10.6. The van der Waals surface area contributed by atoms with E-state index in [0.29, 0.717) is 36.9 Å². The first kappa shape index (κ1) is 50.0. The molecule has 5 heterocycles. The zero-order valence-electron chi connectivity index (χ0n) is 39.3. The van der Waals surface area contributed by atoms with E-state index in [0.717, 1.165) is 46.2 Å². The lowest BCUT2D eigenvalue weighted by molar-refractivity contribution is -0.144. The summed E-state index contributed by atoms with van der Waals surface area (Å²) in [6, 6.07) is 12.6. The van der Waals surface area contributed by atoms with Gasteiger partial charge in [-0.15, -0.1) is 16.4 Å². The number of nitrogens with zero attached hydrogens (tertiary/aromatic N) is 4. The van der Waals surface area contributed by atoms with Crippen LogP contribution < -0.4 is 38.1 Å². The van der Waals surface area contributed by atoms with E-state index in [4.69, 9.17) is 11.5 Å². The smallest absolute Gasteiger partial charge is 0.246 e. The molecule has 0 spiro atoms. The molecular weight excluding hydrogens is 929 g/mol. The van der Waals surface area contributed by atoms with Gasteiger partial charge in [0.2, 0.25) is 47.3 Å². The third-order valence-corrected chi connectivity index (χ3v) is 14.6. The van der Waals surface area contributed by atoms with Crippen molar-refractivity contribution in [3.63, 3.8) is 0 Å². The van der Waals surface area contributed by atoms with Gasteiger partial charge in [-0.1, -0.05) is 73.0 Å². The lowest BCUT2D eigenvalue weighted by Crippen LogP contribution is -2.60. The Morgan fingerprint density at radius 1 is 0.746 bits per heavy atom. The fraction of sp³-hybridized carbons (Fsp3) is 0.440. The van der Waals surface area contributed by atoms with Crippen molar-refractivity contribution < 1.29 is 38.4 Å². The highest BCUT2D eigenvalue weighted by Crippen LogP contribution is 2.34. The minimum atomic E-state index is -1.47. The van der Waals surface area contributed by atoms with Gasteiger partial charge in [0.15, 0.2) is 0 Å². The molecule has 0 radical (unpaired) electrons. The summed E-state index contributed by atoms with van der Waals surface area (Å²) in [6.07, 6.45) is 6.91. The van der Waals surface area contributed by atoms with Crippen LogP contribution in [0.5, 0.6) is 0 Å². The molecule has 374 valence electrons. The number of hydrogen-bond donors (Lipinski definition) is 8. The van der Waals surface area contributed by atoms with Gasteiger partial charge >= 0.3 is 0 Å². The monoisotopic (exact) mass is 988 g/mol. The van der Waals surface area contributed by atoms with E-state index in [9.17, 15) is 28.8 Å². The predicted octanol–water partition coefficient (Wildman–Crippen LogP) is 2.50. The second-order valence-corrected chi connectivity index (χ2v) is 19.6. The van der Waals surface area contributed by atoms with Crippen LogP contribution in [-0.4, -0.2) is 115 Å². The minimum Gasteiger partial charge on any atom is -0.370 e. The van der Waals surface area contributed by atoms with Crippen molar-refractivity contribution in [2.45, 2.75) is 120 Å². The van der Waals surface area contributed by atoms with Crippen LogP contribution in [-0.2, 0) is 44.8 Å². The molecule has 20 nitrogen and oxygen atoms in total. The van der Waals surface area contributed by atoms with Crippen LogP contribution in [0.4, 0.5) is 0 Å². The number of benzene rings is 2. The molecular formula is C50H60N12O8S. The van der Waals surface area contributed by atoms with E-state index in [1.165, 1.54) is 4.90 Å². The Hall–Kier alpha value is -7.42. The summed E-state index contributed by atoms with van der Waals surface area (Å²) < 4.78 is 1.62. The van der Waals surface area contributed by atoms with Gasteiger partial charge in [-0.25, -0.2) is 4.68 Å². The summed E-state index contributed by atoms with van der Waals surface area (Å²) in [5.41, 5.74) is 15.3. The van der Waals surface area contributed by atoms with Gasteiger partial charge in [0.05, 0.1) is 18.7 Å². The van der Waals surface area contributed by atoms with E-state index in [1.807, 2.05) is 66.0 Å². The van der Waals surface area contributed by atoms with Gasteiger partial charge in [0.1, 0.15) is 35.9 Å². The summed E-state index contributed by atoms with van der Waals surface area (Å²) in [4.78, 5) is 116. The second kappa shape index (κ2) is 23.0. The summed E-state index contributed by atoms with van der Waals surface area (Å²) in [6.45, 7) is 0.156. The van der Waals surface area contributed by atoms with Crippen molar-refractivity contribution in [3.05, 3.63) is 84.0 Å². The van der Waals surface area contributed by atoms with Gasteiger partial charge in [0, 0.05) is 66.3 Å². The first-order chi connectivity index (χ1) is 34.3. The van der Waals surface area contributed by atoms with Crippen LogP contribution in [0.15, 0.2) is 78.4 Å². The number of H-pyrrole nitrogens is 1. The maximum absolute atomic E-state index is 15.4. The Labute approximate surface area is 413 Å². The van der Waals surface area contributed by atoms with Gasteiger partial charge < -0.3 is 47.9 Å². The number of thiophene rings is 1. The van der Waals surface area contributed by atoms with Crippen molar-refractivity contribution in [1.29, 1.82) is 0 Å². The molecule has 71 heavy (non-hydrogen) atoms. The lowest BCUT2D eigenvalue weighted by Gasteiger charge is -2.35. The summed E-state index contributed by atoms with van der Waals surface area (Å²) in [5, 5.41) is 25.6. The third kappa shape index (κ3) is 12.5. The molecule has 0 unspecified atom stereocenters. The number of carbonyl (C=O) groups is 8. The molecule has 2 aromatic carbocycles. The highest BCUT2D eigenvalue weighted by Gasteiger charge is 2.46. The summed E-state index contributed by atoms with van der Waals surface area (Å²) >= 11 is 1.63. The Morgan fingerprint density at radius 2 is 1.48 bits per heavy atom. The Morgan fingerprint density at radius 3 is 2.23 bits per heavy atom. The molecule has 2 aliphatic heterocycles. The maximum atomic E-state index is 15.4. The van der Waals surface area contributed by atoms with Gasteiger partial charge in [-0.2, -0.15) is 0 Å². The van der Waals surface area contributed by atoms with Crippen molar-refractivity contribution in [2.24, 2.45) is 17.4 Å². The largest absolute Gasteiger partial charge is 0.370 e. The summed E-state index contributed by atoms with van der Waals surface area (Å²) in [7, 11) is 0. The van der Waals surface area contributed by atoms with Crippen molar-refractivity contribution in [1.82, 2.24) is 51.5 Å². The topological polar surface area (TPSA) is 298 Å². The number of hydrogen-bond acceptors (Lipinski definition) is 11. The quantitative estimate of drug-likeness (QED) is 0.107. The molecule has 8 rings (SSSR count). The van der Waals surface area contributed by atoms with E-state index < -0.39 is 89.9 Å². The van der Waals surface area contributed by atoms with Crippen LogP contribution in [0.2, 0.25) is 0 Å². The second-order valence-electron chi connectivity index (χ2n) is 18.6. The van der Waals surface area contributed by atoms with Crippen LogP contribution in [0.1, 0.15) is 88.7 Å². The van der Waals surface area contributed by atoms with Crippen LogP contribution in [0.3, 0.4) is 0 Å². The van der Waals surface area contributed by atoms with Crippen LogP contribution in [0, 0.1) is 5.92 Å². The normalized spacial score (nSPS) is 24.0. The average molecular weight is 989 g/mol. The molecule has 6 atom stereocenters. The molecule has 3 fully saturated rings. The number of para-hydroxylation sites is 1. The molecule has 8 amide bonds. The minimum absolute atomic E-state index is 0.00532. The van der Waals surface area contributed by atoms with Crippen molar-refractivity contribution in [3.8, 4) is 21.7 Å². The maximum Gasteiger partial charge on any atom is 0.246 e. The Kier molecular flexibility index (Phi) is 16.2. The number of rotatable bonds is 9. The Bertz CT molecular complexity index is 2730. The summed E-state index contributed by atoms with van der Waals surface area (Å²) in [5.74, 6) is -5.94. The zero-order chi connectivity index (χ0) is 50.0. The standard InChI is InChI=1S/C50H60N12O8S/c51-42(63)25-38-48(68)58-45(31-9-2-1-3-10-31)50(70)61-27-33(62-28-39(59-60-62)29-15-17-30(18-16-29)41-14-8-22-71-41)24-40(61)49(69)57-37(23-32-26-54-35-12-5-4-11-34(32)35)47(67)56-36(46(52)66)13-6-7-21-53-43(64)19-20-44(65)55-38/h4-5,8,11-12,14-18,22,26,28,31,33,36-38,40,45,54H,1-3,6-7,9-10,13,19-21,23-25,27H2,(H2,51,63)(H2,52,66)(H,53,64)(H,55,65)(H,56,67)(H,57,69)(H,58,68)/t33-,36-,37-,38-,40-,45-/m0/s1. The number of nitrogens with one attached hydrogen (secondary N) is 6. The van der Waals surface area contributed by atoms with Crippen molar-refractivity contribution >= 4 is 69.5 Å². The zero-order valence-corrected chi connectivity index (χ0v) is 40.1. The first-order valence-electron chi connectivity index (χ1n) is 24.3. The molecule has 0 bridgehead atoms. The number of carbonyl (C=O) groups excluding carboxylic acids is 8. The number of amides is 8. The number of nitrogens with two attached hydrogens (primary N) is 2. The lowest BCUT2D eigenvalue weighted by atomic mass is 9.83. The molecule has 2 saturated heterocycles. The highest BCUT2D eigenvalue weighted by atomic mass is 32.1. The van der Waals surface area contributed by atoms with E-state index in [2.05, 4.69) is 41.9 Å². The molecule has 21 heteroatoms. The van der Waals surface area contributed by atoms with E-state index in [-0.39, 0.29) is 51.1 Å². The third-order valence-electron chi connectivity index (χ3n) is 13.7. The SMILES string of the molecule is NC(=O)C[C@@H]1NC(=O)CCC(=O)NCCCC[C@@H](C(N)=O)NC(=O)[C@H](Cc2c[nH]c3ccccc23)NC(=O)[C@@H]2C[C@H](n3cc(-c4ccc(-c5cccs5)cc4)nn3)CN2C(=O)[C@H](C2CCCCC2)NC1=O. The van der Waals surface area contributed by atoms with Crippen molar-refractivity contribution in [2.75, 3.05) is 13.1 Å². The molecule has 3 aliphatic rings. The number of aromatic amines is 1. The molecule has 5 aromatic rings. The average Bonchev–Trinajstić information content (AvgIpc) is 4.22. The Balaban J connectivity index is 1.15. The molecule has 3 aromatic heterocycles.